The van der Waals surface area contributed by atoms with Crippen LogP contribution in [0.5, 0.6) is 5.75 Å². The van der Waals surface area contributed by atoms with Crippen molar-refractivity contribution in [2.24, 2.45) is 0 Å². The van der Waals surface area contributed by atoms with E-state index in [2.05, 4.69) is 43.4 Å². The molecule has 118 valence electrons. The fourth-order valence-corrected chi connectivity index (χ4v) is 2.42. The number of para-hydroxylation sites is 1. The third-order valence-corrected chi connectivity index (χ3v) is 3.37. The van der Waals surface area contributed by atoms with Crippen LogP contribution in [0.3, 0.4) is 0 Å². The second-order valence-corrected chi connectivity index (χ2v) is 5.38. The summed E-state index contributed by atoms with van der Waals surface area (Å²) in [5.74, 6) is 0.916. The van der Waals surface area contributed by atoms with E-state index >= 15 is 0 Å². The fraction of sp³-hybridized carbons (Fsp3) is 0.368. The lowest BCUT2D eigenvalue weighted by atomic mass is 10.1. The molecule has 3 nitrogen and oxygen atoms in total. The lowest BCUT2D eigenvalue weighted by molar-refractivity contribution is 0.110. The Morgan fingerprint density at radius 2 is 1.68 bits per heavy atom. The molecule has 0 saturated carbocycles. The van der Waals surface area contributed by atoms with E-state index in [4.69, 9.17) is 9.47 Å². The summed E-state index contributed by atoms with van der Waals surface area (Å²) < 4.78 is 11.1. The molecule has 3 heteroatoms. The molecule has 0 bridgehead atoms. The number of aryl methyl sites for hydroxylation is 2. The quantitative estimate of drug-likeness (QED) is 0.736. The smallest absolute Gasteiger partial charge is 0.124 e. The molecular weight excluding hydrogens is 274 g/mol. The van der Waals surface area contributed by atoms with Crippen molar-refractivity contribution in [2.45, 2.75) is 27.3 Å². The van der Waals surface area contributed by atoms with Gasteiger partial charge in [-0.25, -0.2) is 0 Å². The lowest BCUT2D eigenvalue weighted by Gasteiger charge is -2.13. The summed E-state index contributed by atoms with van der Waals surface area (Å²) in [7, 11) is 0. The Labute approximate surface area is 133 Å². The predicted molar refractivity (Wildman–Crippen MR) is 91.7 cm³/mol. The fourth-order valence-electron chi connectivity index (χ4n) is 2.42. The van der Waals surface area contributed by atoms with E-state index in [1.165, 1.54) is 11.1 Å². The molecule has 22 heavy (non-hydrogen) atoms. The van der Waals surface area contributed by atoms with Gasteiger partial charge in [-0.1, -0.05) is 24.3 Å². The van der Waals surface area contributed by atoms with E-state index in [0.29, 0.717) is 13.2 Å². The molecule has 0 atom stereocenters. The molecule has 0 aliphatic heterocycles. The normalized spacial score (nSPS) is 10.5. The van der Waals surface area contributed by atoms with E-state index in [9.17, 15) is 0 Å². The maximum atomic E-state index is 5.81. The van der Waals surface area contributed by atoms with Crippen molar-refractivity contribution in [3.05, 3.63) is 59.2 Å². The summed E-state index contributed by atoms with van der Waals surface area (Å²) in [4.78, 5) is 0. The Morgan fingerprint density at radius 1 is 0.955 bits per heavy atom. The van der Waals surface area contributed by atoms with E-state index < -0.39 is 0 Å². The van der Waals surface area contributed by atoms with Crippen LogP contribution in [-0.4, -0.2) is 19.8 Å². The largest absolute Gasteiger partial charge is 0.491 e. The van der Waals surface area contributed by atoms with Gasteiger partial charge in [0.05, 0.1) is 6.61 Å². The second kappa shape index (κ2) is 8.44. The highest BCUT2D eigenvalue weighted by molar-refractivity contribution is 5.49. The number of nitrogens with one attached hydrogen (secondary N) is 1. The molecule has 1 N–H and O–H groups in total. The minimum absolute atomic E-state index is 0.578. The molecular formula is C19H25NO2. The summed E-state index contributed by atoms with van der Waals surface area (Å²) in [6.45, 7) is 8.88. The first-order chi connectivity index (χ1) is 10.7. The van der Waals surface area contributed by atoms with Gasteiger partial charge in [0.25, 0.3) is 0 Å². The number of ether oxygens (including phenoxy) is 2. The average Bonchev–Trinajstić information content (AvgIpc) is 2.49. The van der Waals surface area contributed by atoms with Crippen LogP contribution in [0.15, 0.2) is 42.5 Å². The van der Waals surface area contributed by atoms with Crippen molar-refractivity contribution in [3.8, 4) is 5.75 Å². The molecule has 0 radical (unpaired) electrons. The first kappa shape index (κ1) is 16.4. The lowest BCUT2D eigenvalue weighted by Crippen LogP contribution is -2.09. The third-order valence-electron chi connectivity index (χ3n) is 3.37. The molecule has 0 fully saturated rings. The summed E-state index contributed by atoms with van der Waals surface area (Å²) >= 11 is 0. The van der Waals surface area contributed by atoms with Crippen molar-refractivity contribution in [3.63, 3.8) is 0 Å². The highest BCUT2D eigenvalue weighted by Crippen LogP contribution is 2.20. The van der Waals surface area contributed by atoms with Crippen LogP contribution < -0.4 is 10.1 Å². The van der Waals surface area contributed by atoms with Crippen molar-refractivity contribution in [1.82, 2.24) is 0 Å². The van der Waals surface area contributed by atoms with Crippen LogP contribution >= 0.6 is 0 Å². The number of hydrogen-bond acceptors (Lipinski definition) is 3. The van der Waals surface area contributed by atoms with Gasteiger partial charge in [0.1, 0.15) is 12.4 Å². The summed E-state index contributed by atoms with van der Waals surface area (Å²) in [5.41, 5.74) is 4.83. The maximum absolute atomic E-state index is 5.81. The Bertz CT molecular complexity index is 575. The van der Waals surface area contributed by atoms with Crippen LogP contribution in [0.1, 0.15) is 23.6 Å². The van der Waals surface area contributed by atoms with E-state index in [-0.39, 0.29) is 0 Å². The van der Waals surface area contributed by atoms with Crippen LogP contribution in [0.25, 0.3) is 0 Å². The number of rotatable bonds is 8. The SMILES string of the molecule is CCOCCOc1ccccc1CNc1cc(C)cc(C)c1. The van der Waals surface area contributed by atoms with Gasteiger partial charge in [-0.3, -0.25) is 0 Å². The van der Waals surface area contributed by atoms with Crippen molar-refractivity contribution in [2.75, 3.05) is 25.1 Å². The highest BCUT2D eigenvalue weighted by Gasteiger charge is 2.03. The number of benzene rings is 2. The average molecular weight is 299 g/mol. The van der Waals surface area contributed by atoms with Gasteiger partial charge in [0.2, 0.25) is 0 Å². The highest BCUT2D eigenvalue weighted by atomic mass is 16.5. The van der Waals surface area contributed by atoms with Crippen molar-refractivity contribution < 1.29 is 9.47 Å². The molecule has 0 spiro atoms. The van der Waals surface area contributed by atoms with E-state index in [1.54, 1.807) is 0 Å². The molecule has 0 heterocycles. The van der Waals surface area contributed by atoms with Crippen molar-refractivity contribution >= 4 is 5.69 Å². The first-order valence-electron chi connectivity index (χ1n) is 7.79. The molecule has 0 amide bonds. The minimum Gasteiger partial charge on any atom is -0.491 e. The number of hydrogen-bond donors (Lipinski definition) is 1. The van der Waals surface area contributed by atoms with Gasteiger partial charge in [-0.15, -0.1) is 0 Å². The molecule has 0 aromatic heterocycles. The zero-order valence-electron chi connectivity index (χ0n) is 13.7. The van der Waals surface area contributed by atoms with E-state index in [0.717, 1.165) is 30.2 Å². The molecule has 0 aliphatic rings. The van der Waals surface area contributed by atoms with E-state index in [1.807, 2.05) is 25.1 Å². The zero-order valence-corrected chi connectivity index (χ0v) is 13.7. The molecule has 0 saturated heterocycles. The Morgan fingerprint density at radius 3 is 2.41 bits per heavy atom. The Kier molecular flexibility index (Phi) is 6.28. The monoisotopic (exact) mass is 299 g/mol. The minimum atomic E-state index is 0.578. The third kappa shape index (κ3) is 5.08. The van der Waals surface area contributed by atoms with Crippen molar-refractivity contribution in [1.29, 1.82) is 0 Å². The first-order valence-corrected chi connectivity index (χ1v) is 7.79. The maximum Gasteiger partial charge on any atom is 0.124 e. The van der Waals surface area contributed by atoms with Gasteiger partial charge < -0.3 is 14.8 Å². The standard InChI is InChI=1S/C19H25NO2/c1-4-21-9-10-22-19-8-6-5-7-17(19)14-20-18-12-15(2)11-16(3)13-18/h5-8,11-13,20H,4,9-10,14H2,1-3H3. The van der Waals surface area contributed by atoms with Gasteiger partial charge >= 0.3 is 0 Å². The van der Waals surface area contributed by atoms with Gasteiger partial charge in [-0.05, 0) is 50.1 Å². The second-order valence-electron chi connectivity index (χ2n) is 5.38. The van der Waals surface area contributed by atoms with Crippen LogP contribution in [0.2, 0.25) is 0 Å². The number of anilines is 1. The molecule has 2 aromatic carbocycles. The molecule has 0 unspecified atom stereocenters. The van der Waals surface area contributed by atoms with Crippen LogP contribution in [-0.2, 0) is 11.3 Å². The van der Waals surface area contributed by atoms with Crippen LogP contribution in [0, 0.1) is 13.8 Å². The predicted octanol–water partition coefficient (Wildman–Crippen LogP) is 4.33. The summed E-state index contributed by atoms with van der Waals surface area (Å²) in [6.07, 6.45) is 0. The Hall–Kier alpha value is -2.00. The molecule has 2 aromatic rings. The van der Waals surface area contributed by atoms with Crippen LogP contribution in [0.4, 0.5) is 5.69 Å². The molecule has 0 aliphatic carbocycles. The zero-order chi connectivity index (χ0) is 15.8. The van der Waals surface area contributed by atoms with Gasteiger partial charge in [0.15, 0.2) is 0 Å². The topological polar surface area (TPSA) is 30.5 Å². The van der Waals surface area contributed by atoms with Gasteiger partial charge in [-0.2, -0.15) is 0 Å². The van der Waals surface area contributed by atoms with Gasteiger partial charge in [0, 0.05) is 24.4 Å². The Balaban J connectivity index is 1.97. The molecule has 2 rings (SSSR count). The summed E-state index contributed by atoms with van der Waals surface area (Å²) in [5, 5.41) is 3.47. The summed E-state index contributed by atoms with van der Waals surface area (Å²) in [6, 6.07) is 14.6.